The molecule has 0 saturated heterocycles. The Labute approximate surface area is 187 Å². The third-order valence-corrected chi connectivity index (χ3v) is 4.68. The summed E-state index contributed by atoms with van der Waals surface area (Å²) < 4.78 is 11.9. The summed E-state index contributed by atoms with van der Waals surface area (Å²) in [6, 6.07) is 17.1. The SMILES string of the molecule is CCOc1cccc(CNCc2ccccn2)c1OCc1ccc(Cl)cc1Cl.Cl. The van der Waals surface area contributed by atoms with E-state index < -0.39 is 0 Å². The molecular weight excluding hydrogens is 431 g/mol. The van der Waals surface area contributed by atoms with Gasteiger partial charge in [-0.05, 0) is 37.3 Å². The maximum Gasteiger partial charge on any atom is 0.166 e. The van der Waals surface area contributed by atoms with Crippen molar-refractivity contribution in [1.82, 2.24) is 10.3 Å². The van der Waals surface area contributed by atoms with Crippen molar-refractivity contribution in [3.05, 3.63) is 87.7 Å². The first-order valence-corrected chi connectivity index (χ1v) is 9.85. The van der Waals surface area contributed by atoms with E-state index >= 15 is 0 Å². The lowest BCUT2D eigenvalue weighted by atomic mass is 10.1. The van der Waals surface area contributed by atoms with Crippen LogP contribution in [0, 0.1) is 0 Å². The Morgan fingerprint density at radius 1 is 0.931 bits per heavy atom. The molecule has 0 amide bonds. The zero-order valence-corrected chi connectivity index (χ0v) is 18.4. The molecule has 1 heterocycles. The Morgan fingerprint density at radius 3 is 2.52 bits per heavy atom. The number of nitrogens with one attached hydrogen (secondary N) is 1. The Kier molecular flexibility index (Phi) is 9.55. The van der Waals surface area contributed by atoms with E-state index in [-0.39, 0.29) is 12.4 Å². The van der Waals surface area contributed by atoms with Crippen LogP contribution in [0.1, 0.15) is 23.7 Å². The maximum atomic E-state index is 6.27. The molecular formula is C22H23Cl3N2O2. The average Bonchev–Trinajstić information content (AvgIpc) is 2.70. The van der Waals surface area contributed by atoms with E-state index in [0.29, 0.717) is 47.8 Å². The van der Waals surface area contributed by atoms with E-state index in [0.717, 1.165) is 16.8 Å². The molecule has 0 radical (unpaired) electrons. The molecule has 0 aliphatic heterocycles. The molecule has 0 bridgehead atoms. The lowest BCUT2D eigenvalue weighted by Gasteiger charge is -2.17. The van der Waals surface area contributed by atoms with Crippen molar-refractivity contribution >= 4 is 35.6 Å². The molecule has 0 fully saturated rings. The predicted octanol–water partition coefficient (Wildman–Crippen LogP) is 6.08. The molecule has 2 aromatic carbocycles. The van der Waals surface area contributed by atoms with E-state index in [4.69, 9.17) is 32.7 Å². The van der Waals surface area contributed by atoms with Crippen LogP contribution in [0.4, 0.5) is 0 Å². The summed E-state index contributed by atoms with van der Waals surface area (Å²) in [4.78, 5) is 4.33. The first-order chi connectivity index (χ1) is 13.7. The highest BCUT2D eigenvalue weighted by molar-refractivity contribution is 6.35. The van der Waals surface area contributed by atoms with Crippen molar-refractivity contribution in [2.24, 2.45) is 0 Å². The molecule has 154 valence electrons. The van der Waals surface area contributed by atoms with Crippen LogP contribution in [0.2, 0.25) is 10.0 Å². The van der Waals surface area contributed by atoms with Crippen molar-refractivity contribution in [2.45, 2.75) is 26.6 Å². The van der Waals surface area contributed by atoms with Gasteiger partial charge in [0.25, 0.3) is 0 Å². The van der Waals surface area contributed by atoms with Crippen LogP contribution < -0.4 is 14.8 Å². The largest absolute Gasteiger partial charge is 0.490 e. The monoisotopic (exact) mass is 452 g/mol. The van der Waals surface area contributed by atoms with Gasteiger partial charge in [-0.1, -0.05) is 47.5 Å². The van der Waals surface area contributed by atoms with Gasteiger partial charge in [0, 0.05) is 40.5 Å². The smallest absolute Gasteiger partial charge is 0.166 e. The van der Waals surface area contributed by atoms with Crippen LogP contribution in [-0.4, -0.2) is 11.6 Å². The molecule has 0 saturated carbocycles. The van der Waals surface area contributed by atoms with Gasteiger partial charge in [0.05, 0.1) is 12.3 Å². The Morgan fingerprint density at radius 2 is 1.79 bits per heavy atom. The Balaban J connectivity index is 0.00000300. The van der Waals surface area contributed by atoms with Gasteiger partial charge < -0.3 is 14.8 Å². The van der Waals surface area contributed by atoms with Crippen LogP contribution in [-0.2, 0) is 19.7 Å². The number of hydrogen-bond donors (Lipinski definition) is 1. The number of hydrogen-bond acceptors (Lipinski definition) is 4. The highest BCUT2D eigenvalue weighted by Crippen LogP contribution is 2.33. The summed E-state index contributed by atoms with van der Waals surface area (Å²) in [5.41, 5.74) is 2.86. The fourth-order valence-electron chi connectivity index (χ4n) is 2.75. The molecule has 4 nitrogen and oxygen atoms in total. The van der Waals surface area contributed by atoms with E-state index in [1.807, 2.05) is 49.4 Å². The number of para-hydroxylation sites is 1. The molecule has 1 aromatic heterocycles. The zero-order valence-electron chi connectivity index (χ0n) is 16.0. The van der Waals surface area contributed by atoms with Crippen molar-refractivity contribution < 1.29 is 9.47 Å². The van der Waals surface area contributed by atoms with Gasteiger partial charge in [-0.2, -0.15) is 0 Å². The third-order valence-electron chi connectivity index (χ3n) is 4.10. The predicted molar refractivity (Wildman–Crippen MR) is 120 cm³/mol. The minimum Gasteiger partial charge on any atom is -0.490 e. The number of nitrogens with zero attached hydrogens (tertiary/aromatic N) is 1. The molecule has 1 N–H and O–H groups in total. The minimum absolute atomic E-state index is 0. The van der Waals surface area contributed by atoms with Crippen LogP contribution >= 0.6 is 35.6 Å². The number of halogens is 3. The first kappa shape index (κ1) is 23.3. The molecule has 0 aliphatic carbocycles. The number of aromatic nitrogens is 1. The number of pyridine rings is 1. The zero-order chi connectivity index (χ0) is 19.8. The standard InChI is InChI=1S/C22H22Cl2N2O2.ClH/c1-2-27-21-8-5-6-16(13-25-14-19-7-3-4-11-26-19)22(21)28-15-17-9-10-18(23)12-20(17)24;/h3-12,25H,2,13-15H2,1H3;1H. The highest BCUT2D eigenvalue weighted by Gasteiger charge is 2.12. The van der Waals surface area contributed by atoms with E-state index in [1.54, 1.807) is 18.3 Å². The lowest BCUT2D eigenvalue weighted by molar-refractivity contribution is 0.266. The van der Waals surface area contributed by atoms with Gasteiger partial charge in [0.2, 0.25) is 0 Å². The number of rotatable bonds is 9. The van der Waals surface area contributed by atoms with E-state index in [1.165, 1.54) is 0 Å². The van der Waals surface area contributed by atoms with Gasteiger partial charge in [-0.15, -0.1) is 12.4 Å². The Bertz CT molecular complexity index is 908. The van der Waals surface area contributed by atoms with Crippen molar-refractivity contribution in [3.63, 3.8) is 0 Å². The number of benzene rings is 2. The third kappa shape index (κ3) is 6.79. The fourth-order valence-corrected chi connectivity index (χ4v) is 3.21. The summed E-state index contributed by atoms with van der Waals surface area (Å²) in [5.74, 6) is 1.42. The van der Waals surface area contributed by atoms with E-state index in [2.05, 4.69) is 10.3 Å². The molecule has 3 aromatic rings. The van der Waals surface area contributed by atoms with Gasteiger partial charge >= 0.3 is 0 Å². The topological polar surface area (TPSA) is 43.4 Å². The normalized spacial score (nSPS) is 10.3. The van der Waals surface area contributed by atoms with Crippen molar-refractivity contribution in [1.29, 1.82) is 0 Å². The van der Waals surface area contributed by atoms with Crippen LogP contribution in [0.5, 0.6) is 11.5 Å². The second-order valence-electron chi connectivity index (χ2n) is 6.13. The number of ether oxygens (including phenoxy) is 2. The maximum absolute atomic E-state index is 6.27. The molecule has 7 heteroatoms. The molecule has 0 aliphatic rings. The van der Waals surface area contributed by atoms with Crippen LogP contribution in [0.3, 0.4) is 0 Å². The second kappa shape index (κ2) is 11.9. The van der Waals surface area contributed by atoms with Crippen molar-refractivity contribution in [2.75, 3.05) is 6.61 Å². The van der Waals surface area contributed by atoms with Crippen LogP contribution in [0.25, 0.3) is 0 Å². The summed E-state index contributed by atoms with van der Waals surface area (Å²) in [7, 11) is 0. The average molecular weight is 454 g/mol. The molecule has 0 atom stereocenters. The van der Waals surface area contributed by atoms with Gasteiger partial charge in [0.1, 0.15) is 6.61 Å². The molecule has 29 heavy (non-hydrogen) atoms. The summed E-state index contributed by atoms with van der Waals surface area (Å²) in [6.07, 6.45) is 1.79. The summed E-state index contributed by atoms with van der Waals surface area (Å²) in [5, 5.41) is 4.58. The summed E-state index contributed by atoms with van der Waals surface area (Å²) >= 11 is 12.2. The van der Waals surface area contributed by atoms with Gasteiger partial charge in [-0.3, -0.25) is 4.98 Å². The highest BCUT2D eigenvalue weighted by atomic mass is 35.5. The second-order valence-corrected chi connectivity index (χ2v) is 6.97. The lowest BCUT2D eigenvalue weighted by Crippen LogP contribution is -2.15. The minimum atomic E-state index is 0. The molecule has 0 unspecified atom stereocenters. The first-order valence-electron chi connectivity index (χ1n) is 9.09. The molecule has 3 rings (SSSR count). The Hall–Kier alpha value is -1.98. The van der Waals surface area contributed by atoms with Gasteiger partial charge in [0.15, 0.2) is 11.5 Å². The van der Waals surface area contributed by atoms with Gasteiger partial charge in [-0.25, -0.2) is 0 Å². The van der Waals surface area contributed by atoms with E-state index in [9.17, 15) is 0 Å². The molecule has 0 spiro atoms. The van der Waals surface area contributed by atoms with Crippen LogP contribution in [0.15, 0.2) is 60.8 Å². The summed E-state index contributed by atoms with van der Waals surface area (Å²) in [6.45, 7) is 4.13. The van der Waals surface area contributed by atoms with Crippen molar-refractivity contribution in [3.8, 4) is 11.5 Å². The fraction of sp³-hybridized carbons (Fsp3) is 0.227. The quantitative estimate of drug-likeness (QED) is 0.426.